The highest BCUT2D eigenvalue weighted by Gasteiger charge is 2.56. The summed E-state index contributed by atoms with van der Waals surface area (Å²) in [5.74, 6) is -1.10. The highest BCUT2D eigenvalue weighted by atomic mass is 16.8. The number of rotatable bonds is 5. The van der Waals surface area contributed by atoms with Crippen molar-refractivity contribution in [2.75, 3.05) is 6.61 Å². The number of nitrogens with zero attached hydrogens (tertiary/aromatic N) is 5. The second-order valence-electron chi connectivity index (χ2n) is 7.73. The number of hydrogen-bond donors (Lipinski definition) is 0. The largest absolute Gasteiger partial charge is 0.463 e. The Morgan fingerprint density at radius 1 is 1.31 bits per heavy atom. The minimum Gasteiger partial charge on any atom is -0.463 e. The monoisotopic (exact) mass is 405 g/mol. The number of carbonyl (C=O) groups is 1. The Labute approximate surface area is 166 Å². The van der Waals surface area contributed by atoms with E-state index in [1.165, 1.54) is 21.9 Å². The molecule has 0 bridgehead atoms. The second-order valence-corrected chi connectivity index (χ2v) is 7.73. The number of fused-ring (bicyclic) bond motifs is 1. The van der Waals surface area contributed by atoms with Crippen LogP contribution in [0, 0.1) is 5.92 Å². The molecule has 156 valence electrons. The van der Waals surface area contributed by atoms with E-state index in [0.717, 1.165) is 0 Å². The first-order chi connectivity index (χ1) is 13.7. The smallest absolute Gasteiger partial charge is 0.351 e. The third-order valence-electron chi connectivity index (χ3n) is 4.73. The molecule has 0 spiro atoms. The molecule has 11 nitrogen and oxygen atoms in total. The zero-order valence-electron chi connectivity index (χ0n) is 16.6. The molecule has 0 aromatic carbocycles. The molecule has 2 aromatic heterocycles. The fourth-order valence-electron chi connectivity index (χ4n) is 3.40. The zero-order chi connectivity index (χ0) is 20.8. The number of esters is 1. The molecule has 4 rings (SSSR count). The summed E-state index contributed by atoms with van der Waals surface area (Å²) in [6.07, 6.45) is 1.98. The minimum absolute atomic E-state index is 0.00728. The van der Waals surface area contributed by atoms with Gasteiger partial charge in [-0.2, -0.15) is 10.1 Å². The average molecular weight is 405 g/mol. The van der Waals surface area contributed by atoms with Gasteiger partial charge >= 0.3 is 11.7 Å². The standard InChI is InChI=1S/C18H23N5O6/c1-10(2)16(24)26-7-11-13-14(29-18(3,4)28-13)15(27-11)22-6-5-12(21-17(22)25)23-9-19-8-20-23/h5-6,8-11,13-15H,7H2,1-4H3/t11-,13-,14-,15-/m1/s1. The van der Waals surface area contributed by atoms with Crippen molar-refractivity contribution >= 4 is 5.97 Å². The highest BCUT2D eigenvalue weighted by molar-refractivity contribution is 5.71. The van der Waals surface area contributed by atoms with Crippen LogP contribution in [-0.4, -0.2) is 61.0 Å². The summed E-state index contributed by atoms with van der Waals surface area (Å²) in [6.45, 7) is 7.09. The van der Waals surface area contributed by atoms with Gasteiger partial charge in [0.25, 0.3) is 0 Å². The quantitative estimate of drug-likeness (QED) is 0.653. The first-order valence-corrected chi connectivity index (χ1v) is 9.37. The normalized spacial score (nSPS) is 27.9. The third kappa shape index (κ3) is 3.80. The van der Waals surface area contributed by atoms with Crippen LogP contribution < -0.4 is 5.69 Å². The van der Waals surface area contributed by atoms with Gasteiger partial charge < -0.3 is 18.9 Å². The highest BCUT2D eigenvalue weighted by Crippen LogP contribution is 2.42. The van der Waals surface area contributed by atoms with Gasteiger partial charge in [0.15, 0.2) is 17.8 Å². The molecule has 2 aliphatic rings. The van der Waals surface area contributed by atoms with Gasteiger partial charge in [-0.05, 0) is 19.9 Å². The predicted octanol–water partition coefficient (Wildman–Crippen LogP) is 0.441. The molecule has 0 unspecified atom stereocenters. The lowest BCUT2D eigenvalue weighted by molar-refractivity contribution is -0.203. The first kappa shape index (κ1) is 19.7. The first-order valence-electron chi connectivity index (χ1n) is 9.37. The molecule has 29 heavy (non-hydrogen) atoms. The van der Waals surface area contributed by atoms with Gasteiger partial charge in [-0.15, -0.1) is 0 Å². The summed E-state index contributed by atoms with van der Waals surface area (Å²) in [7, 11) is 0. The van der Waals surface area contributed by atoms with Crippen LogP contribution in [0.25, 0.3) is 5.82 Å². The molecule has 0 amide bonds. The van der Waals surface area contributed by atoms with Crippen molar-refractivity contribution < 1.29 is 23.7 Å². The van der Waals surface area contributed by atoms with E-state index in [4.69, 9.17) is 18.9 Å². The van der Waals surface area contributed by atoms with Crippen molar-refractivity contribution in [3.63, 3.8) is 0 Å². The maximum absolute atomic E-state index is 12.7. The fourth-order valence-corrected chi connectivity index (χ4v) is 3.40. The van der Waals surface area contributed by atoms with Crippen LogP contribution in [0.2, 0.25) is 0 Å². The Kier molecular flexibility index (Phi) is 4.97. The maximum Gasteiger partial charge on any atom is 0.351 e. The second kappa shape index (κ2) is 7.32. The van der Waals surface area contributed by atoms with Crippen molar-refractivity contribution in [2.45, 2.75) is 58.0 Å². The van der Waals surface area contributed by atoms with Crippen LogP contribution >= 0.6 is 0 Å². The summed E-state index contributed by atoms with van der Waals surface area (Å²) >= 11 is 0. The van der Waals surface area contributed by atoms with Crippen LogP contribution in [0.1, 0.15) is 33.9 Å². The molecule has 2 fully saturated rings. The zero-order valence-corrected chi connectivity index (χ0v) is 16.6. The Bertz CT molecular complexity index is 940. The van der Waals surface area contributed by atoms with Gasteiger partial charge in [0.05, 0.1) is 5.92 Å². The molecule has 2 aliphatic heterocycles. The number of hydrogen-bond acceptors (Lipinski definition) is 9. The van der Waals surface area contributed by atoms with E-state index in [-0.39, 0.29) is 18.5 Å². The summed E-state index contributed by atoms with van der Waals surface area (Å²) < 4.78 is 26.0. The molecule has 4 atom stereocenters. The number of ether oxygens (including phenoxy) is 4. The minimum atomic E-state index is -0.852. The summed E-state index contributed by atoms with van der Waals surface area (Å²) in [4.78, 5) is 32.4. The van der Waals surface area contributed by atoms with Crippen molar-refractivity contribution in [3.05, 3.63) is 35.4 Å². The molecular formula is C18H23N5O6. The maximum atomic E-state index is 12.7. The van der Waals surface area contributed by atoms with E-state index < -0.39 is 36.0 Å². The fraction of sp³-hybridized carbons (Fsp3) is 0.611. The lowest BCUT2D eigenvalue weighted by atomic mass is 10.1. The van der Waals surface area contributed by atoms with E-state index in [2.05, 4.69) is 15.1 Å². The number of carbonyl (C=O) groups excluding carboxylic acids is 1. The predicted molar refractivity (Wildman–Crippen MR) is 96.9 cm³/mol. The van der Waals surface area contributed by atoms with E-state index >= 15 is 0 Å². The van der Waals surface area contributed by atoms with Gasteiger partial charge in [-0.1, -0.05) is 13.8 Å². The Morgan fingerprint density at radius 2 is 2.07 bits per heavy atom. The van der Waals surface area contributed by atoms with E-state index in [1.807, 2.05) is 0 Å². The van der Waals surface area contributed by atoms with Crippen LogP contribution in [-0.2, 0) is 23.7 Å². The Balaban J connectivity index is 1.58. The topological polar surface area (TPSA) is 120 Å². The van der Waals surface area contributed by atoms with Gasteiger partial charge in [-0.25, -0.2) is 14.5 Å². The summed E-state index contributed by atoms with van der Waals surface area (Å²) in [6, 6.07) is 1.63. The molecule has 2 aromatic rings. The van der Waals surface area contributed by atoms with Crippen molar-refractivity contribution in [1.82, 2.24) is 24.3 Å². The molecular weight excluding hydrogens is 382 g/mol. The average Bonchev–Trinajstić information content (AvgIpc) is 3.35. The molecule has 0 radical (unpaired) electrons. The van der Waals surface area contributed by atoms with Crippen LogP contribution in [0.15, 0.2) is 29.7 Å². The summed E-state index contributed by atoms with van der Waals surface area (Å²) in [5.41, 5.74) is -0.533. The molecule has 0 N–H and O–H groups in total. The van der Waals surface area contributed by atoms with E-state index in [0.29, 0.717) is 5.82 Å². The van der Waals surface area contributed by atoms with Crippen molar-refractivity contribution in [1.29, 1.82) is 0 Å². The van der Waals surface area contributed by atoms with Gasteiger partial charge in [0.1, 0.15) is 37.6 Å². The van der Waals surface area contributed by atoms with Gasteiger partial charge in [-0.3, -0.25) is 9.36 Å². The van der Waals surface area contributed by atoms with Crippen molar-refractivity contribution in [3.8, 4) is 5.82 Å². The number of aromatic nitrogens is 5. The molecule has 11 heteroatoms. The Hall–Kier alpha value is -2.63. The Morgan fingerprint density at radius 3 is 2.72 bits per heavy atom. The van der Waals surface area contributed by atoms with Crippen LogP contribution in [0.4, 0.5) is 0 Å². The van der Waals surface area contributed by atoms with Crippen LogP contribution in [0.3, 0.4) is 0 Å². The lowest BCUT2D eigenvalue weighted by Gasteiger charge is -2.25. The third-order valence-corrected chi connectivity index (χ3v) is 4.73. The van der Waals surface area contributed by atoms with Crippen molar-refractivity contribution in [2.24, 2.45) is 5.92 Å². The SMILES string of the molecule is CC(C)C(=O)OC[C@H]1O[C@@H](n2ccc(-n3cncn3)nc2=O)[C@@H]2OC(C)(C)O[C@@H]21. The van der Waals surface area contributed by atoms with E-state index in [1.54, 1.807) is 40.0 Å². The molecule has 4 heterocycles. The molecule has 0 aliphatic carbocycles. The van der Waals surface area contributed by atoms with Crippen LogP contribution in [0.5, 0.6) is 0 Å². The van der Waals surface area contributed by atoms with E-state index in [9.17, 15) is 9.59 Å². The molecule has 2 saturated heterocycles. The molecule has 0 saturated carbocycles. The lowest BCUT2D eigenvalue weighted by Crippen LogP contribution is -2.35. The van der Waals surface area contributed by atoms with Gasteiger partial charge in [0.2, 0.25) is 0 Å². The summed E-state index contributed by atoms with van der Waals surface area (Å²) in [5, 5.41) is 3.96. The van der Waals surface area contributed by atoms with Gasteiger partial charge in [0, 0.05) is 6.20 Å².